The third kappa shape index (κ3) is 2.96. The van der Waals surface area contributed by atoms with Gasteiger partial charge < -0.3 is 5.84 Å². The second kappa shape index (κ2) is 5.53. The summed E-state index contributed by atoms with van der Waals surface area (Å²) in [5, 5.41) is 3.53. The first-order valence-electron chi connectivity index (χ1n) is 5.29. The Labute approximate surface area is 101 Å². The van der Waals surface area contributed by atoms with Gasteiger partial charge in [-0.1, -0.05) is 48.2 Å². The minimum atomic E-state index is 0.922. The van der Waals surface area contributed by atoms with Gasteiger partial charge in [-0.3, -0.25) is 0 Å². The quantitative estimate of drug-likeness (QED) is 0.341. The topological polar surface area (TPSA) is 38.4 Å². The first-order valence-corrected chi connectivity index (χ1v) is 5.29. The van der Waals surface area contributed by atoms with Crippen molar-refractivity contribution in [1.82, 2.24) is 0 Å². The summed E-state index contributed by atoms with van der Waals surface area (Å²) < 4.78 is 0. The van der Waals surface area contributed by atoms with Crippen LogP contribution in [-0.2, 0) is 0 Å². The molecule has 0 bridgehead atoms. The molecule has 2 nitrogen and oxygen atoms in total. The van der Waals surface area contributed by atoms with Crippen LogP contribution in [-0.4, -0.2) is 6.21 Å². The number of hydrogen-bond acceptors (Lipinski definition) is 2. The molecule has 0 spiro atoms. The Balaban J connectivity index is 2.34. The molecule has 0 heterocycles. The normalized spacial score (nSPS) is 9.88. The number of benzene rings is 2. The molecule has 2 aromatic rings. The van der Waals surface area contributed by atoms with Crippen molar-refractivity contribution in [3.05, 3.63) is 71.3 Å². The fraction of sp³-hybridized carbons (Fsp3) is 0. The lowest BCUT2D eigenvalue weighted by molar-refractivity contribution is 1.26. The lowest BCUT2D eigenvalue weighted by atomic mass is 10.1. The summed E-state index contributed by atoms with van der Waals surface area (Å²) in [6, 6.07) is 17.6. The highest BCUT2D eigenvalue weighted by molar-refractivity contribution is 5.83. The van der Waals surface area contributed by atoms with Crippen LogP contribution < -0.4 is 5.84 Å². The molecule has 0 amide bonds. The van der Waals surface area contributed by atoms with Gasteiger partial charge in [-0.25, -0.2) is 0 Å². The van der Waals surface area contributed by atoms with Crippen molar-refractivity contribution in [3.8, 4) is 11.8 Å². The van der Waals surface area contributed by atoms with Crippen molar-refractivity contribution in [3.63, 3.8) is 0 Å². The van der Waals surface area contributed by atoms with Crippen molar-refractivity contribution in [2.75, 3.05) is 0 Å². The van der Waals surface area contributed by atoms with Crippen LogP contribution in [0.3, 0.4) is 0 Å². The molecule has 0 aliphatic heterocycles. The molecule has 0 atom stereocenters. The van der Waals surface area contributed by atoms with Gasteiger partial charge in [-0.2, -0.15) is 5.10 Å². The van der Waals surface area contributed by atoms with Crippen molar-refractivity contribution in [1.29, 1.82) is 0 Å². The standard InChI is InChI=1S/C15H12N2/c16-17-12-15-9-5-4-8-14(15)11-10-13-6-2-1-3-7-13/h1-9,12H,16H2/b17-12+. The Kier molecular flexibility index (Phi) is 3.57. The molecular formula is C15H12N2. The van der Waals surface area contributed by atoms with Crippen LogP contribution in [0.5, 0.6) is 0 Å². The molecule has 0 fully saturated rings. The summed E-state index contributed by atoms with van der Waals surface area (Å²) in [7, 11) is 0. The van der Waals surface area contributed by atoms with Crippen LogP contribution in [0, 0.1) is 11.8 Å². The third-order valence-electron chi connectivity index (χ3n) is 2.29. The molecule has 2 N–H and O–H groups in total. The van der Waals surface area contributed by atoms with Gasteiger partial charge in [0.2, 0.25) is 0 Å². The van der Waals surface area contributed by atoms with E-state index in [1.807, 2.05) is 54.6 Å². The van der Waals surface area contributed by atoms with Crippen molar-refractivity contribution in [2.24, 2.45) is 10.9 Å². The van der Waals surface area contributed by atoms with Crippen LogP contribution in [0.25, 0.3) is 0 Å². The second-order valence-electron chi connectivity index (χ2n) is 3.48. The number of nitrogens with two attached hydrogens (primary N) is 1. The molecule has 82 valence electrons. The second-order valence-corrected chi connectivity index (χ2v) is 3.48. The summed E-state index contributed by atoms with van der Waals surface area (Å²) in [5.41, 5.74) is 2.84. The van der Waals surface area contributed by atoms with Gasteiger partial charge in [0.1, 0.15) is 0 Å². The van der Waals surface area contributed by atoms with Crippen molar-refractivity contribution < 1.29 is 0 Å². The van der Waals surface area contributed by atoms with E-state index < -0.39 is 0 Å². The average molecular weight is 220 g/mol. The molecule has 0 unspecified atom stereocenters. The third-order valence-corrected chi connectivity index (χ3v) is 2.29. The van der Waals surface area contributed by atoms with Crippen molar-refractivity contribution >= 4 is 6.21 Å². The summed E-state index contributed by atoms with van der Waals surface area (Å²) >= 11 is 0. The van der Waals surface area contributed by atoms with E-state index in [9.17, 15) is 0 Å². The maximum atomic E-state index is 5.16. The molecule has 0 radical (unpaired) electrons. The van der Waals surface area contributed by atoms with Gasteiger partial charge in [0, 0.05) is 16.7 Å². The van der Waals surface area contributed by atoms with E-state index in [-0.39, 0.29) is 0 Å². The molecular weight excluding hydrogens is 208 g/mol. The molecule has 2 rings (SSSR count). The van der Waals surface area contributed by atoms with Gasteiger partial charge in [0.15, 0.2) is 0 Å². The molecule has 0 aromatic heterocycles. The molecule has 0 aliphatic rings. The monoisotopic (exact) mass is 220 g/mol. The minimum absolute atomic E-state index is 0.922. The SMILES string of the molecule is N/N=C/c1ccccc1C#Cc1ccccc1. The maximum absolute atomic E-state index is 5.16. The zero-order valence-corrected chi connectivity index (χ0v) is 9.30. The summed E-state index contributed by atoms with van der Waals surface area (Å²) in [6.45, 7) is 0. The summed E-state index contributed by atoms with van der Waals surface area (Å²) in [5.74, 6) is 11.4. The highest BCUT2D eigenvalue weighted by Crippen LogP contribution is 2.05. The van der Waals surface area contributed by atoms with Gasteiger partial charge in [0.25, 0.3) is 0 Å². The Hall–Kier alpha value is -2.53. The van der Waals surface area contributed by atoms with E-state index in [1.54, 1.807) is 6.21 Å². The Morgan fingerprint density at radius 1 is 0.882 bits per heavy atom. The van der Waals surface area contributed by atoms with Gasteiger partial charge in [-0.15, -0.1) is 0 Å². The molecule has 0 saturated carbocycles. The summed E-state index contributed by atoms with van der Waals surface area (Å²) in [4.78, 5) is 0. The van der Waals surface area contributed by atoms with Gasteiger partial charge in [-0.05, 0) is 18.2 Å². The summed E-state index contributed by atoms with van der Waals surface area (Å²) in [6.07, 6.45) is 1.61. The Morgan fingerprint density at radius 2 is 1.59 bits per heavy atom. The first kappa shape index (κ1) is 11.0. The van der Waals surface area contributed by atoms with Gasteiger partial charge >= 0.3 is 0 Å². The van der Waals surface area contributed by atoms with Crippen LogP contribution in [0.4, 0.5) is 0 Å². The lowest BCUT2D eigenvalue weighted by Gasteiger charge is -1.96. The highest BCUT2D eigenvalue weighted by atomic mass is 15.1. The van der Waals surface area contributed by atoms with Gasteiger partial charge in [0.05, 0.1) is 6.21 Å². The van der Waals surface area contributed by atoms with Crippen LogP contribution in [0.15, 0.2) is 59.7 Å². The van der Waals surface area contributed by atoms with E-state index in [0.29, 0.717) is 0 Å². The average Bonchev–Trinajstić information content (AvgIpc) is 2.39. The van der Waals surface area contributed by atoms with E-state index in [2.05, 4.69) is 16.9 Å². The molecule has 0 saturated heterocycles. The minimum Gasteiger partial charge on any atom is -0.323 e. The smallest absolute Gasteiger partial charge is 0.0550 e. The lowest BCUT2D eigenvalue weighted by Crippen LogP contribution is -1.90. The molecule has 17 heavy (non-hydrogen) atoms. The fourth-order valence-corrected chi connectivity index (χ4v) is 1.46. The molecule has 2 aromatic carbocycles. The van der Waals surface area contributed by atoms with Crippen molar-refractivity contribution in [2.45, 2.75) is 0 Å². The highest BCUT2D eigenvalue weighted by Gasteiger charge is 1.94. The fourth-order valence-electron chi connectivity index (χ4n) is 1.46. The van der Waals surface area contributed by atoms with Crippen LogP contribution >= 0.6 is 0 Å². The zero-order valence-electron chi connectivity index (χ0n) is 9.30. The molecule has 0 aliphatic carbocycles. The maximum Gasteiger partial charge on any atom is 0.0550 e. The zero-order chi connectivity index (χ0) is 11.9. The van der Waals surface area contributed by atoms with E-state index in [1.165, 1.54) is 0 Å². The predicted octanol–water partition coefficient (Wildman–Crippen LogP) is 2.38. The first-order chi connectivity index (χ1) is 8.40. The number of nitrogens with zero attached hydrogens (tertiary/aromatic N) is 1. The predicted molar refractivity (Wildman–Crippen MR) is 70.6 cm³/mol. The van der Waals surface area contributed by atoms with Crippen LogP contribution in [0.1, 0.15) is 16.7 Å². The molecule has 2 heteroatoms. The van der Waals surface area contributed by atoms with E-state index in [4.69, 9.17) is 5.84 Å². The Morgan fingerprint density at radius 3 is 2.35 bits per heavy atom. The van der Waals surface area contributed by atoms with Crippen LogP contribution in [0.2, 0.25) is 0 Å². The van der Waals surface area contributed by atoms with E-state index in [0.717, 1.165) is 16.7 Å². The Bertz CT molecular complexity index is 575. The number of hydrazone groups is 1. The van der Waals surface area contributed by atoms with E-state index >= 15 is 0 Å². The largest absolute Gasteiger partial charge is 0.323 e. The number of rotatable bonds is 1. The number of hydrogen-bond donors (Lipinski definition) is 1.